The van der Waals surface area contributed by atoms with Gasteiger partial charge in [0.15, 0.2) is 0 Å². The molecule has 0 saturated heterocycles. The molecule has 0 aromatic rings. The van der Waals surface area contributed by atoms with E-state index in [9.17, 15) is 9.59 Å². The lowest BCUT2D eigenvalue weighted by Crippen LogP contribution is -2.37. The lowest BCUT2D eigenvalue weighted by atomic mass is 9.97. The molecule has 0 heterocycles. The summed E-state index contributed by atoms with van der Waals surface area (Å²) >= 11 is 0. The van der Waals surface area contributed by atoms with Gasteiger partial charge in [0.2, 0.25) is 0 Å². The number of carbonyl (C=O) groups is 2. The number of rotatable bonds is 12. The standard InChI is InChI=1S/C15H29N3O3/c1-2-12(4-7-14(19)20)8-11-18-15(21)17-10-3-9-16-13-5-6-13/h12-13,16H,2-11H2,1H3,(H,19,20)(H2,17,18,21). The molecule has 1 atom stereocenters. The van der Waals surface area contributed by atoms with Gasteiger partial charge >= 0.3 is 12.0 Å². The van der Waals surface area contributed by atoms with Crippen LogP contribution in [-0.4, -0.2) is 42.8 Å². The Morgan fingerprint density at radius 1 is 1.14 bits per heavy atom. The Morgan fingerprint density at radius 2 is 1.86 bits per heavy atom. The van der Waals surface area contributed by atoms with E-state index in [1.54, 1.807) is 0 Å². The van der Waals surface area contributed by atoms with E-state index in [0.29, 0.717) is 25.4 Å². The third-order valence-electron chi connectivity index (χ3n) is 3.83. The van der Waals surface area contributed by atoms with E-state index in [4.69, 9.17) is 5.11 Å². The fourth-order valence-corrected chi connectivity index (χ4v) is 2.22. The van der Waals surface area contributed by atoms with Crippen LogP contribution in [0.25, 0.3) is 0 Å². The van der Waals surface area contributed by atoms with Gasteiger partial charge in [-0.3, -0.25) is 4.79 Å². The molecule has 1 saturated carbocycles. The van der Waals surface area contributed by atoms with E-state index in [1.165, 1.54) is 12.8 Å². The number of amides is 2. The number of hydrogen-bond acceptors (Lipinski definition) is 3. The molecule has 2 amide bonds. The Hall–Kier alpha value is -1.30. The van der Waals surface area contributed by atoms with Crippen molar-refractivity contribution in [2.45, 2.75) is 57.9 Å². The highest BCUT2D eigenvalue weighted by Gasteiger charge is 2.19. The smallest absolute Gasteiger partial charge is 0.314 e. The quantitative estimate of drug-likeness (QED) is 0.413. The SMILES string of the molecule is CCC(CCNC(=O)NCCCNC1CC1)CCC(=O)O. The van der Waals surface area contributed by atoms with E-state index in [-0.39, 0.29) is 12.5 Å². The van der Waals surface area contributed by atoms with Gasteiger partial charge in [0.05, 0.1) is 0 Å². The van der Waals surface area contributed by atoms with Crippen molar-refractivity contribution in [3.05, 3.63) is 0 Å². The zero-order chi connectivity index (χ0) is 15.5. The average molecular weight is 299 g/mol. The summed E-state index contributed by atoms with van der Waals surface area (Å²) in [6, 6.07) is 0.588. The van der Waals surface area contributed by atoms with Crippen LogP contribution in [0, 0.1) is 5.92 Å². The highest BCUT2D eigenvalue weighted by atomic mass is 16.4. The van der Waals surface area contributed by atoms with Crippen molar-refractivity contribution in [1.82, 2.24) is 16.0 Å². The fourth-order valence-electron chi connectivity index (χ4n) is 2.22. The summed E-state index contributed by atoms with van der Waals surface area (Å²) in [5, 5.41) is 17.7. The van der Waals surface area contributed by atoms with E-state index < -0.39 is 5.97 Å². The molecule has 0 aliphatic heterocycles. The maximum Gasteiger partial charge on any atom is 0.314 e. The predicted octanol–water partition coefficient (Wildman–Crippen LogP) is 1.71. The third kappa shape index (κ3) is 10.1. The molecular formula is C15H29N3O3. The molecule has 122 valence electrons. The van der Waals surface area contributed by atoms with Crippen molar-refractivity contribution in [2.75, 3.05) is 19.6 Å². The van der Waals surface area contributed by atoms with Gasteiger partial charge in [-0.25, -0.2) is 4.79 Å². The molecule has 1 aliphatic rings. The van der Waals surface area contributed by atoms with Crippen molar-refractivity contribution in [3.63, 3.8) is 0 Å². The normalized spacial score (nSPS) is 15.5. The van der Waals surface area contributed by atoms with Gasteiger partial charge in [0.1, 0.15) is 0 Å². The van der Waals surface area contributed by atoms with Crippen molar-refractivity contribution in [2.24, 2.45) is 5.92 Å². The maximum atomic E-state index is 11.6. The van der Waals surface area contributed by atoms with E-state index in [2.05, 4.69) is 22.9 Å². The van der Waals surface area contributed by atoms with E-state index in [1.807, 2.05) is 0 Å². The number of carboxylic acids is 1. The van der Waals surface area contributed by atoms with Crippen molar-refractivity contribution in [3.8, 4) is 0 Å². The Bertz CT molecular complexity index is 319. The number of carbonyl (C=O) groups excluding carboxylic acids is 1. The van der Waals surface area contributed by atoms with Crippen LogP contribution in [-0.2, 0) is 4.79 Å². The highest BCUT2D eigenvalue weighted by Crippen LogP contribution is 2.18. The van der Waals surface area contributed by atoms with Crippen molar-refractivity contribution in [1.29, 1.82) is 0 Å². The Balaban J connectivity index is 1.93. The molecule has 1 rings (SSSR count). The Labute approximate surface area is 127 Å². The molecule has 1 aliphatic carbocycles. The summed E-state index contributed by atoms with van der Waals surface area (Å²) in [6.07, 6.45) is 6.19. The number of hydrogen-bond donors (Lipinski definition) is 4. The average Bonchev–Trinajstić information content (AvgIpc) is 3.26. The molecule has 1 unspecified atom stereocenters. The first-order chi connectivity index (χ1) is 10.1. The number of nitrogens with one attached hydrogen (secondary N) is 3. The van der Waals surface area contributed by atoms with Gasteiger partial charge < -0.3 is 21.1 Å². The van der Waals surface area contributed by atoms with Crippen LogP contribution in [0.1, 0.15) is 51.9 Å². The highest BCUT2D eigenvalue weighted by molar-refractivity contribution is 5.73. The van der Waals surface area contributed by atoms with Crippen LogP contribution in [0.4, 0.5) is 4.79 Å². The summed E-state index contributed by atoms with van der Waals surface area (Å²) in [4.78, 5) is 22.1. The lowest BCUT2D eigenvalue weighted by molar-refractivity contribution is -0.137. The van der Waals surface area contributed by atoms with Crippen LogP contribution in [0.3, 0.4) is 0 Å². The first-order valence-corrected chi connectivity index (χ1v) is 8.08. The van der Waals surface area contributed by atoms with Gasteiger partial charge in [0, 0.05) is 25.6 Å². The second kappa shape index (κ2) is 10.4. The van der Waals surface area contributed by atoms with Gasteiger partial charge in [-0.05, 0) is 44.6 Å². The minimum Gasteiger partial charge on any atom is -0.481 e. The summed E-state index contributed by atoms with van der Waals surface area (Å²) in [5.74, 6) is -0.386. The van der Waals surface area contributed by atoms with Crippen molar-refractivity contribution < 1.29 is 14.7 Å². The lowest BCUT2D eigenvalue weighted by Gasteiger charge is -2.14. The second-order valence-electron chi connectivity index (χ2n) is 5.76. The third-order valence-corrected chi connectivity index (χ3v) is 3.83. The van der Waals surface area contributed by atoms with E-state index in [0.717, 1.165) is 31.8 Å². The van der Waals surface area contributed by atoms with Crippen LogP contribution < -0.4 is 16.0 Å². The van der Waals surface area contributed by atoms with Crippen LogP contribution in [0.2, 0.25) is 0 Å². The minimum atomic E-state index is -0.751. The van der Waals surface area contributed by atoms with Gasteiger partial charge in [0.25, 0.3) is 0 Å². The summed E-state index contributed by atoms with van der Waals surface area (Å²) in [7, 11) is 0. The molecule has 6 nitrogen and oxygen atoms in total. The fraction of sp³-hybridized carbons (Fsp3) is 0.867. The van der Waals surface area contributed by atoms with Crippen LogP contribution in [0.5, 0.6) is 0 Å². The summed E-state index contributed by atoms with van der Waals surface area (Å²) in [5.41, 5.74) is 0. The molecule has 0 spiro atoms. The minimum absolute atomic E-state index is 0.130. The van der Waals surface area contributed by atoms with E-state index >= 15 is 0 Å². The topological polar surface area (TPSA) is 90.5 Å². The summed E-state index contributed by atoms with van der Waals surface area (Å²) in [6.45, 7) is 4.30. The summed E-state index contributed by atoms with van der Waals surface area (Å²) < 4.78 is 0. The largest absolute Gasteiger partial charge is 0.481 e. The molecule has 6 heteroatoms. The van der Waals surface area contributed by atoms with Gasteiger partial charge in [-0.1, -0.05) is 13.3 Å². The molecule has 0 aromatic heterocycles. The van der Waals surface area contributed by atoms with Crippen LogP contribution in [0.15, 0.2) is 0 Å². The Kier molecular flexibility index (Phi) is 8.82. The van der Waals surface area contributed by atoms with Gasteiger partial charge in [-0.15, -0.1) is 0 Å². The first kappa shape index (κ1) is 17.8. The number of urea groups is 1. The van der Waals surface area contributed by atoms with Crippen molar-refractivity contribution >= 4 is 12.0 Å². The predicted molar refractivity (Wildman–Crippen MR) is 82.3 cm³/mol. The number of carboxylic acid groups (broad SMARTS) is 1. The van der Waals surface area contributed by atoms with Crippen LogP contribution >= 0.6 is 0 Å². The second-order valence-corrected chi connectivity index (χ2v) is 5.76. The Morgan fingerprint density at radius 3 is 2.48 bits per heavy atom. The molecule has 0 radical (unpaired) electrons. The zero-order valence-corrected chi connectivity index (χ0v) is 13.0. The molecule has 21 heavy (non-hydrogen) atoms. The van der Waals surface area contributed by atoms with Gasteiger partial charge in [-0.2, -0.15) is 0 Å². The number of aliphatic carboxylic acids is 1. The zero-order valence-electron chi connectivity index (χ0n) is 13.0. The molecule has 1 fully saturated rings. The molecular weight excluding hydrogens is 270 g/mol. The molecule has 0 bridgehead atoms. The monoisotopic (exact) mass is 299 g/mol. The molecule has 4 N–H and O–H groups in total. The first-order valence-electron chi connectivity index (χ1n) is 8.08. The molecule has 0 aromatic carbocycles. The maximum absolute atomic E-state index is 11.6.